The Kier molecular flexibility index (Phi) is 4.42. The van der Waals surface area contributed by atoms with Crippen molar-refractivity contribution in [1.29, 1.82) is 0 Å². The molecule has 1 aliphatic carbocycles. The third-order valence-corrected chi connectivity index (χ3v) is 4.65. The van der Waals surface area contributed by atoms with Gasteiger partial charge < -0.3 is 5.32 Å². The van der Waals surface area contributed by atoms with Crippen LogP contribution >= 0.6 is 11.3 Å². The quantitative estimate of drug-likeness (QED) is 0.842. The fourth-order valence-electron chi connectivity index (χ4n) is 2.94. The SMILES string of the molecule is CCNC1CCC(C)CC1Cc1cccs1. The van der Waals surface area contributed by atoms with E-state index in [1.54, 1.807) is 4.88 Å². The number of thiophene rings is 1. The van der Waals surface area contributed by atoms with Crippen molar-refractivity contribution in [3.05, 3.63) is 22.4 Å². The van der Waals surface area contributed by atoms with Gasteiger partial charge in [0.2, 0.25) is 0 Å². The number of hydrogen-bond donors (Lipinski definition) is 1. The van der Waals surface area contributed by atoms with Gasteiger partial charge in [0.15, 0.2) is 0 Å². The Morgan fingerprint density at radius 1 is 1.44 bits per heavy atom. The van der Waals surface area contributed by atoms with Crippen LogP contribution in [0.25, 0.3) is 0 Å². The van der Waals surface area contributed by atoms with E-state index in [1.807, 2.05) is 11.3 Å². The Bertz CT molecular complexity index is 294. The fourth-order valence-corrected chi connectivity index (χ4v) is 3.74. The van der Waals surface area contributed by atoms with Gasteiger partial charge in [0.05, 0.1) is 0 Å². The van der Waals surface area contributed by atoms with Crippen LogP contribution in [-0.2, 0) is 6.42 Å². The molecular formula is C14H23NS. The van der Waals surface area contributed by atoms with Gasteiger partial charge in [0.1, 0.15) is 0 Å². The summed E-state index contributed by atoms with van der Waals surface area (Å²) in [4.78, 5) is 1.56. The van der Waals surface area contributed by atoms with Gasteiger partial charge in [0, 0.05) is 10.9 Å². The van der Waals surface area contributed by atoms with Crippen LogP contribution in [0, 0.1) is 11.8 Å². The molecule has 1 fully saturated rings. The van der Waals surface area contributed by atoms with Crippen LogP contribution in [0.15, 0.2) is 17.5 Å². The second kappa shape index (κ2) is 5.83. The van der Waals surface area contributed by atoms with Crippen molar-refractivity contribution in [3.8, 4) is 0 Å². The monoisotopic (exact) mass is 237 g/mol. The van der Waals surface area contributed by atoms with E-state index < -0.39 is 0 Å². The minimum Gasteiger partial charge on any atom is -0.314 e. The topological polar surface area (TPSA) is 12.0 Å². The lowest BCUT2D eigenvalue weighted by Crippen LogP contribution is -2.41. The smallest absolute Gasteiger partial charge is 0.00988 e. The van der Waals surface area contributed by atoms with Crippen LogP contribution < -0.4 is 5.32 Å². The van der Waals surface area contributed by atoms with Gasteiger partial charge in [-0.15, -0.1) is 11.3 Å². The van der Waals surface area contributed by atoms with Gasteiger partial charge >= 0.3 is 0 Å². The van der Waals surface area contributed by atoms with Crippen LogP contribution in [0.4, 0.5) is 0 Å². The second-order valence-electron chi connectivity index (χ2n) is 5.13. The van der Waals surface area contributed by atoms with Gasteiger partial charge in [-0.2, -0.15) is 0 Å². The molecular weight excluding hydrogens is 214 g/mol. The Balaban J connectivity index is 1.96. The van der Waals surface area contributed by atoms with Crippen molar-refractivity contribution >= 4 is 11.3 Å². The Morgan fingerprint density at radius 3 is 3.00 bits per heavy atom. The summed E-state index contributed by atoms with van der Waals surface area (Å²) in [6.07, 6.45) is 5.44. The molecule has 2 heteroatoms. The molecule has 1 aromatic heterocycles. The van der Waals surface area contributed by atoms with E-state index in [1.165, 1.54) is 25.7 Å². The molecule has 0 aromatic carbocycles. The molecule has 1 heterocycles. The van der Waals surface area contributed by atoms with E-state index in [2.05, 4.69) is 36.7 Å². The van der Waals surface area contributed by atoms with Crippen molar-refractivity contribution in [3.63, 3.8) is 0 Å². The summed E-state index contributed by atoms with van der Waals surface area (Å²) in [5, 5.41) is 5.87. The number of hydrogen-bond acceptors (Lipinski definition) is 2. The van der Waals surface area contributed by atoms with Gasteiger partial charge in [0.25, 0.3) is 0 Å². The van der Waals surface area contributed by atoms with E-state index in [0.29, 0.717) is 0 Å². The van der Waals surface area contributed by atoms with Crippen LogP contribution in [0.2, 0.25) is 0 Å². The first-order chi connectivity index (χ1) is 7.79. The highest BCUT2D eigenvalue weighted by molar-refractivity contribution is 7.09. The van der Waals surface area contributed by atoms with Crippen molar-refractivity contribution < 1.29 is 0 Å². The maximum atomic E-state index is 3.67. The molecule has 3 atom stereocenters. The molecule has 1 aromatic rings. The van der Waals surface area contributed by atoms with Crippen LogP contribution in [0.3, 0.4) is 0 Å². The maximum Gasteiger partial charge on any atom is 0.00988 e. The summed E-state index contributed by atoms with van der Waals surface area (Å²) in [6.45, 7) is 5.74. The average Bonchev–Trinajstić information content (AvgIpc) is 2.75. The van der Waals surface area contributed by atoms with Gasteiger partial charge in [-0.25, -0.2) is 0 Å². The Morgan fingerprint density at radius 2 is 2.31 bits per heavy atom. The minimum atomic E-state index is 0.753. The predicted molar refractivity (Wildman–Crippen MR) is 72.0 cm³/mol. The lowest BCUT2D eigenvalue weighted by atomic mass is 9.77. The molecule has 1 nitrogen and oxygen atoms in total. The zero-order valence-electron chi connectivity index (χ0n) is 10.4. The summed E-state index contributed by atoms with van der Waals surface area (Å²) in [7, 11) is 0. The largest absolute Gasteiger partial charge is 0.314 e. The highest BCUT2D eigenvalue weighted by Crippen LogP contribution is 2.32. The van der Waals surface area contributed by atoms with Crippen LogP contribution in [0.1, 0.15) is 38.0 Å². The first-order valence-corrected chi connectivity index (χ1v) is 7.43. The predicted octanol–water partition coefficient (Wildman–Crippen LogP) is 3.70. The standard InChI is InChI=1S/C14H23NS/c1-3-15-14-7-6-11(2)9-12(14)10-13-5-4-8-16-13/h4-5,8,11-12,14-15H,3,6-7,9-10H2,1-2H3. The lowest BCUT2D eigenvalue weighted by Gasteiger charge is -2.35. The molecule has 2 rings (SSSR count). The van der Waals surface area contributed by atoms with Crippen LogP contribution in [0.5, 0.6) is 0 Å². The Hall–Kier alpha value is -0.340. The van der Waals surface area contributed by atoms with Crippen molar-refractivity contribution in [2.24, 2.45) is 11.8 Å². The molecule has 0 radical (unpaired) electrons. The molecule has 0 bridgehead atoms. The van der Waals surface area contributed by atoms with E-state index in [-0.39, 0.29) is 0 Å². The van der Waals surface area contributed by atoms with Crippen molar-refractivity contribution in [1.82, 2.24) is 5.32 Å². The fraction of sp³-hybridized carbons (Fsp3) is 0.714. The molecule has 1 aliphatic rings. The lowest BCUT2D eigenvalue weighted by molar-refractivity contribution is 0.215. The van der Waals surface area contributed by atoms with Crippen molar-refractivity contribution in [2.45, 2.75) is 45.6 Å². The maximum absolute atomic E-state index is 3.67. The average molecular weight is 237 g/mol. The third-order valence-electron chi connectivity index (χ3n) is 3.75. The van der Waals surface area contributed by atoms with Gasteiger partial charge in [-0.1, -0.05) is 19.9 Å². The second-order valence-corrected chi connectivity index (χ2v) is 6.16. The van der Waals surface area contributed by atoms with E-state index in [4.69, 9.17) is 0 Å². The highest BCUT2D eigenvalue weighted by Gasteiger charge is 2.28. The summed E-state index contributed by atoms with van der Waals surface area (Å²) in [5.41, 5.74) is 0. The molecule has 16 heavy (non-hydrogen) atoms. The summed E-state index contributed by atoms with van der Waals surface area (Å²) in [6, 6.07) is 5.21. The molecule has 0 amide bonds. The molecule has 0 saturated heterocycles. The molecule has 0 spiro atoms. The Labute approximate surface area is 103 Å². The molecule has 90 valence electrons. The summed E-state index contributed by atoms with van der Waals surface area (Å²) >= 11 is 1.91. The van der Waals surface area contributed by atoms with E-state index in [9.17, 15) is 0 Å². The first kappa shape index (κ1) is 12.1. The van der Waals surface area contributed by atoms with Gasteiger partial charge in [-0.05, 0) is 55.5 Å². The minimum absolute atomic E-state index is 0.753. The summed E-state index contributed by atoms with van der Waals surface area (Å²) in [5.74, 6) is 1.77. The zero-order chi connectivity index (χ0) is 11.4. The summed E-state index contributed by atoms with van der Waals surface area (Å²) < 4.78 is 0. The number of rotatable bonds is 4. The van der Waals surface area contributed by atoms with Gasteiger partial charge in [-0.3, -0.25) is 0 Å². The molecule has 0 aliphatic heterocycles. The van der Waals surface area contributed by atoms with Crippen molar-refractivity contribution in [2.75, 3.05) is 6.54 Å². The normalized spacial score (nSPS) is 30.5. The van der Waals surface area contributed by atoms with E-state index in [0.717, 1.165) is 24.4 Å². The number of nitrogens with one attached hydrogen (secondary N) is 1. The first-order valence-electron chi connectivity index (χ1n) is 6.55. The molecule has 1 N–H and O–H groups in total. The highest BCUT2D eigenvalue weighted by atomic mass is 32.1. The molecule has 1 saturated carbocycles. The third kappa shape index (κ3) is 3.08. The van der Waals surface area contributed by atoms with Crippen LogP contribution in [-0.4, -0.2) is 12.6 Å². The van der Waals surface area contributed by atoms with E-state index >= 15 is 0 Å². The zero-order valence-corrected chi connectivity index (χ0v) is 11.2. The molecule has 3 unspecified atom stereocenters.